The first-order chi connectivity index (χ1) is 12.7. The van der Waals surface area contributed by atoms with Gasteiger partial charge in [0.15, 0.2) is 5.60 Å². The van der Waals surface area contributed by atoms with Crippen molar-refractivity contribution < 1.29 is 50.7 Å². The lowest BCUT2D eigenvalue weighted by molar-refractivity contribution is -0.208. The third kappa shape index (κ3) is 3.52. The van der Waals surface area contributed by atoms with Gasteiger partial charge in [-0.3, -0.25) is 9.35 Å². The summed E-state index contributed by atoms with van der Waals surface area (Å²) in [5.74, 6) is -3.92. The van der Waals surface area contributed by atoms with Crippen LogP contribution in [0.2, 0.25) is 0 Å². The molecular weight excluding hydrogens is 406 g/mol. The number of hydrogen-bond donors (Lipinski definition) is 2. The topological polar surface area (TPSA) is 144 Å². The molecule has 3 unspecified atom stereocenters. The summed E-state index contributed by atoms with van der Waals surface area (Å²) in [6, 6.07) is 0. The van der Waals surface area contributed by atoms with Crippen molar-refractivity contribution in [1.29, 1.82) is 0 Å². The summed E-state index contributed by atoms with van der Waals surface area (Å²) in [5.41, 5.74) is -3.47. The molecule has 4 aliphatic carbocycles. The highest BCUT2D eigenvalue weighted by molar-refractivity contribution is 7.87. The van der Waals surface area contributed by atoms with Crippen LogP contribution in [0.4, 0.5) is 8.78 Å². The predicted octanol–water partition coefficient (Wildman–Crippen LogP) is 0.452. The zero-order valence-electron chi connectivity index (χ0n) is 14.9. The Morgan fingerprint density at radius 3 is 2.21 bits per heavy atom. The fourth-order valence-corrected chi connectivity index (χ4v) is 4.83. The van der Waals surface area contributed by atoms with Gasteiger partial charge in [0.25, 0.3) is 0 Å². The second kappa shape index (κ2) is 6.42. The zero-order valence-corrected chi connectivity index (χ0v) is 15.7. The maximum Gasteiger partial charge on any atom is 0.465 e. The summed E-state index contributed by atoms with van der Waals surface area (Å²) >= 11 is 0. The average Bonchev–Trinajstić information content (AvgIpc) is 2.55. The van der Waals surface area contributed by atoms with Crippen LogP contribution < -0.4 is 0 Å². The maximum atomic E-state index is 13.2. The van der Waals surface area contributed by atoms with Crippen molar-refractivity contribution in [3.8, 4) is 0 Å². The molecule has 0 saturated heterocycles. The second-order valence-electron chi connectivity index (χ2n) is 8.16. The Morgan fingerprint density at radius 1 is 1.18 bits per heavy atom. The lowest BCUT2D eigenvalue weighted by atomic mass is 9.53. The first-order valence-electron chi connectivity index (χ1n) is 8.68. The molecule has 4 rings (SSSR count). The molecule has 9 nitrogen and oxygen atoms in total. The molecule has 2 N–H and O–H groups in total. The largest absolute Gasteiger partial charge is 0.465 e. The van der Waals surface area contributed by atoms with E-state index in [9.17, 15) is 36.7 Å². The van der Waals surface area contributed by atoms with E-state index < -0.39 is 45.1 Å². The summed E-state index contributed by atoms with van der Waals surface area (Å²) in [6.07, 6.45) is 2.62. The van der Waals surface area contributed by atoms with Gasteiger partial charge in [-0.25, -0.2) is 9.59 Å². The smallest absolute Gasteiger partial charge is 0.457 e. The van der Waals surface area contributed by atoms with Crippen molar-refractivity contribution in [2.75, 3.05) is 6.61 Å². The standard InChI is InChI=1S/C16H20F2O9S/c1-14(22,7-26-13(21)16(17,18)28(23,24)25)12(20)27-15-4-8-2-9(5-15)11(19)10(3-8)6-15/h8-10,22H,2-7H2,1H3,(H,23,24,25). The molecule has 0 aliphatic heterocycles. The Bertz CT molecular complexity index is 802. The lowest BCUT2D eigenvalue weighted by Gasteiger charge is -2.54. The minimum absolute atomic E-state index is 0.149. The molecule has 158 valence electrons. The molecule has 4 saturated carbocycles. The third-order valence-electron chi connectivity index (χ3n) is 5.73. The molecule has 28 heavy (non-hydrogen) atoms. The van der Waals surface area contributed by atoms with E-state index in [4.69, 9.17) is 9.29 Å². The van der Waals surface area contributed by atoms with E-state index in [1.54, 1.807) is 0 Å². The Morgan fingerprint density at radius 2 is 1.71 bits per heavy atom. The number of aliphatic hydroxyl groups is 1. The van der Waals surface area contributed by atoms with Gasteiger partial charge in [-0.1, -0.05) is 0 Å². The molecular formula is C16H20F2O9S. The Hall–Kier alpha value is -1.66. The maximum absolute atomic E-state index is 13.2. The van der Waals surface area contributed by atoms with Crippen molar-refractivity contribution in [1.82, 2.24) is 0 Å². The molecule has 0 radical (unpaired) electrons. The molecule has 0 aromatic heterocycles. The summed E-state index contributed by atoms with van der Waals surface area (Å²) < 4.78 is 65.2. The predicted molar refractivity (Wildman–Crippen MR) is 85.5 cm³/mol. The number of carbonyl (C=O) groups is 3. The van der Waals surface area contributed by atoms with Crippen LogP contribution in [0.15, 0.2) is 0 Å². The molecule has 12 heteroatoms. The lowest BCUT2D eigenvalue weighted by Crippen LogP contribution is -2.58. The number of esters is 2. The highest BCUT2D eigenvalue weighted by Crippen LogP contribution is 2.55. The quantitative estimate of drug-likeness (QED) is 0.457. The zero-order chi connectivity index (χ0) is 21.1. The van der Waals surface area contributed by atoms with E-state index in [0.717, 1.165) is 19.8 Å². The normalized spacial score (nSPS) is 34.0. The molecule has 3 atom stereocenters. The van der Waals surface area contributed by atoms with E-state index in [2.05, 4.69) is 4.74 Å². The van der Waals surface area contributed by atoms with Crippen LogP contribution in [-0.2, 0) is 34.0 Å². The van der Waals surface area contributed by atoms with E-state index in [-0.39, 0.29) is 23.5 Å². The molecule has 4 aliphatic rings. The highest BCUT2D eigenvalue weighted by atomic mass is 32.2. The van der Waals surface area contributed by atoms with Gasteiger partial charge in [-0.05, 0) is 44.9 Å². The molecule has 0 heterocycles. The molecule has 0 spiro atoms. The second-order valence-corrected chi connectivity index (χ2v) is 9.62. The minimum atomic E-state index is -6.07. The fourth-order valence-electron chi connectivity index (χ4n) is 4.56. The van der Waals surface area contributed by atoms with Crippen molar-refractivity contribution in [3.63, 3.8) is 0 Å². The number of Topliss-reactive ketones (excluding diaryl/α,β-unsaturated/α-hetero) is 1. The molecule has 0 aromatic carbocycles. The van der Waals surface area contributed by atoms with Crippen LogP contribution in [0.3, 0.4) is 0 Å². The van der Waals surface area contributed by atoms with Crippen molar-refractivity contribution in [3.05, 3.63) is 0 Å². The summed E-state index contributed by atoms with van der Waals surface area (Å²) in [5, 5.41) is 4.94. The van der Waals surface area contributed by atoms with Gasteiger partial charge < -0.3 is 14.6 Å². The Labute approximate surface area is 159 Å². The van der Waals surface area contributed by atoms with Crippen molar-refractivity contribution in [2.45, 2.75) is 55.5 Å². The number of ketones is 1. The van der Waals surface area contributed by atoms with E-state index in [1.165, 1.54) is 0 Å². The molecule has 0 aromatic rings. The van der Waals surface area contributed by atoms with Crippen LogP contribution >= 0.6 is 0 Å². The van der Waals surface area contributed by atoms with Gasteiger partial charge in [0, 0.05) is 11.8 Å². The fraction of sp³-hybridized carbons (Fsp3) is 0.812. The molecule has 4 bridgehead atoms. The Balaban J connectivity index is 1.64. The average molecular weight is 426 g/mol. The van der Waals surface area contributed by atoms with Gasteiger partial charge in [-0.15, -0.1) is 0 Å². The van der Waals surface area contributed by atoms with E-state index in [0.29, 0.717) is 19.3 Å². The number of hydrogen-bond acceptors (Lipinski definition) is 8. The minimum Gasteiger partial charge on any atom is -0.457 e. The summed E-state index contributed by atoms with van der Waals surface area (Å²) in [7, 11) is -6.07. The third-order valence-corrected chi connectivity index (χ3v) is 6.55. The summed E-state index contributed by atoms with van der Waals surface area (Å²) in [4.78, 5) is 35.8. The van der Waals surface area contributed by atoms with Crippen LogP contribution in [0.1, 0.15) is 39.0 Å². The van der Waals surface area contributed by atoms with E-state index in [1.807, 2.05) is 0 Å². The van der Waals surface area contributed by atoms with Crippen LogP contribution in [-0.4, -0.2) is 58.9 Å². The highest BCUT2D eigenvalue weighted by Gasteiger charge is 2.58. The first kappa shape index (κ1) is 21.1. The van der Waals surface area contributed by atoms with Gasteiger partial charge in [-0.2, -0.15) is 17.2 Å². The first-order valence-corrected chi connectivity index (χ1v) is 10.1. The van der Waals surface area contributed by atoms with Crippen molar-refractivity contribution in [2.24, 2.45) is 17.8 Å². The van der Waals surface area contributed by atoms with Crippen LogP contribution in [0, 0.1) is 17.8 Å². The van der Waals surface area contributed by atoms with E-state index >= 15 is 0 Å². The van der Waals surface area contributed by atoms with Gasteiger partial charge in [0.1, 0.15) is 18.0 Å². The number of carbonyl (C=O) groups excluding carboxylic acids is 3. The number of halogens is 2. The number of ether oxygens (including phenoxy) is 2. The SMILES string of the molecule is CC(O)(COC(=O)C(F)(F)S(=O)(=O)O)C(=O)OC12CC3CC(C1)C(=O)C(C3)C2. The van der Waals surface area contributed by atoms with Gasteiger partial charge in [0.05, 0.1) is 0 Å². The van der Waals surface area contributed by atoms with Crippen LogP contribution in [0.25, 0.3) is 0 Å². The van der Waals surface area contributed by atoms with Crippen LogP contribution in [0.5, 0.6) is 0 Å². The Kier molecular flexibility index (Phi) is 4.83. The summed E-state index contributed by atoms with van der Waals surface area (Å²) in [6.45, 7) is -0.444. The molecule has 0 amide bonds. The monoisotopic (exact) mass is 426 g/mol. The number of alkyl halides is 2. The molecule has 4 fully saturated rings. The van der Waals surface area contributed by atoms with Gasteiger partial charge >= 0.3 is 27.3 Å². The van der Waals surface area contributed by atoms with Gasteiger partial charge in [0.2, 0.25) is 0 Å². The van der Waals surface area contributed by atoms with Crippen molar-refractivity contribution >= 4 is 27.8 Å². The number of rotatable bonds is 6.